The molecule has 106 valence electrons. The van der Waals surface area contributed by atoms with Crippen molar-refractivity contribution in [2.24, 2.45) is 0 Å². The summed E-state index contributed by atoms with van der Waals surface area (Å²) in [7, 11) is 0. The first kappa shape index (κ1) is 14.5. The Bertz CT molecular complexity index is 643. The maximum atomic E-state index is 12.1. The number of nitrogens with zero attached hydrogens (tertiary/aromatic N) is 1. The third-order valence-electron chi connectivity index (χ3n) is 3.14. The molecule has 0 radical (unpaired) electrons. The lowest BCUT2D eigenvalue weighted by atomic mass is 10.1. The second-order valence-electron chi connectivity index (χ2n) is 4.51. The molecule has 1 aromatic carbocycles. The second-order valence-corrected chi connectivity index (χ2v) is 5.47. The van der Waals surface area contributed by atoms with Crippen LogP contribution in [0.25, 0.3) is 10.4 Å². The van der Waals surface area contributed by atoms with Gasteiger partial charge in [-0.25, -0.2) is 0 Å². The smallest absolute Gasteiger partial charge is 0.307 e. The summed E-state index contributed by atoms with van der Waals surface area (Å²) in [5.74, 6) is -0.824. The van der Waals surface area contributed by atoms with E-state index in [1.807, 2.05) is 37.3 Å². The van der Waals surface area contributed by atoms with E-state index in [0.717, 1.165) is 22.6 Å². The van der Waals surface area contributed by atoms with Gasteiger partial charge in [0.05, 0.1) is 4.88 Å². The summed E-state index contributed by atoms with van der Waals surface area (Å²) >= 11 is 1.24. The van der Waals surface area contributed by atoms with Gasteiger partial charge in [-0.2, -0.15) is 0 Å². The van der Waals surface area contributed by atoms with Crippen LogP contribution in [0.15, 0.2) is 35.1 Å². The quantitative estimate of drug-likeness (QED) is 0.890. The number of benzene rings is 1. The molecule has 5 heteroatoms. The topological polar surface area (TPSA) is 59.3 Å². The van der Waals surface area contributed by atoms with Gasteiger partial charge in [0.25, 0.3) is 0 Å². The normalized spacial score (nSPS) is 10.7. The van der Waals surface area contributed by atoms with Crippen molar-refractivity contribution in [1.82, 2.24) is 4.57 Å². The SMILES string of the molecule is CCc1c(-c2ccccc2)sc(=O)n1CCCC(=O)O. The van der Waals surface area contributed by atoms with Crippen molar-refractivity contribution < 1.29 is 9.90 Å². The maximum absolute atomic E-state index is 12.1. The summed E-state index contributed by atoms with van der Waals surface area (Å²) in [6.45, 7) is 2.49. The second kappa shape index (κ2) is 6.52. The fourth-order valence-electron chi connectivity index (χ4n) is 2.22. The van der Waals surface area contributed by atoms with E-state index in [2.05, 4.69) is 0 Å². The summed E-state index contributed by atoms with van der Waals surface area (Å²) in [5.41, 5.74) is 2.04. The lowest BCUT2D eigenvalue weighted by Crippen LogP contribution is -2.16. The minimum absolute atomic E-state index is 0.00825. The van der Waals surface area contributed by atoms with Crippen LogP contribution in [0.4, 0.5) is 0 Å². The summed E-state index contributed by atoms with van der Waals surface area (Å²) < 4.78 is 1.72. The highest BCUT2D eigenvalue weighted by atomic mass is 32.1. The van der Waals surface area contributed by atoms with E-state index in [1.54, 1.807) is 4.57 Å². The van der Waals surface area contributed by atoms with Gasteiger partial charge < -0.3 is 9.67 Å². The van der Waals surface area contributed by atoms with Crippen LogP contribution in [-0.4, -0.2) is 15.6 Å². The molecule has 4 nitrogen and oxygen atoms in total. The van der Waals surface area contributed by atoms with Gasteiger partial charge in [-0.05, 0) is 18.4 Å². The molecule has 1 aromatic heterocycles. The average molecular weight is 291 g/mol. The van der Waals surface area contributed by atoms with Crippen molar-refractivity contribution in [2.45, 2.75) is 32.7 Å². The number of rotatable bonds is 6. The van der Waals surface area contributed by atoms with Gasteiger partial charge in [-0.1, -0.05) is 48.6 Å². The van der Waals surface area contributed by atoms with Crippen molar-refractivity contribution in [1.29, 1.82) is 0 Å². The average Bonchev–Trinajstić information content (AvgIpc) is 2.76. The third-order valence-corrected chi connectivity index (χ3v) is 4.21. The zero-order valence-electron chi connectivity index (χ0n) is 11.3. The van der Waals surface area contributed by atoms with Crippen molar-refractivity contribution >= 4 is 17.3 Å². The van der Waals surface area contributed by atoms with E-state index in [0.29, 0.717) is 13.0 Å². The van der Waals surface area contributed by atoms with Crippen molar-refractivity contribution in [3.63, 3.8) is 0 Å². The van der Waals surface area contributed by atoms with E-state index in [9.17, 15) is 9.59 Å². The summed E-state index contributed by atoms with van der Waals surface area (Å²) in [4.78, 5) is 23.7. The number of carbonyl (C=O) groups is 1. The molecular weight excluding hydrogens is 274 g/mol. The molecule has 1 N–H and O–H groups in total. The van der Waals surface area contributed by atoms with Gasteiger partial charge in [-0.15, -0.1) is 0 Å². The zero-order valence-corrected chi connectivity index (χ0v) is 12.2. The Kier molecular flexibility index (Phi) is 4.74. The van der Waals surface area contributed by atoms with Crippen molar-refractivity contribution in [2.75, 3.05) is 0 Å². The van der Waals surface area contributed by atoms with E-state index in [1.165, 1.54) is 11.3 Å². The Labute approximate surface area is 121 Å². The Hall–Kier alpha value is -1.88. The van der Waals surface area contributed by atoms with Crippen LogP contribution in [-0.2, 0) is 17.8 Å². The number of carboxylic acid groups (broad SMARTS) is 1. The molecule has 0 spiro atoms. The van der Waals surface area contributed by atoms with E-state index in [4.69, 9.17) is 5.11 Å². The number of hydrogen-bond acceptors (Lipinski definition) is 3. The molecule has 0 aliphatic heterocycles. The van der Waals surface area contributed by atoms with E-state index in [-0.39, 0.29) is 11.3 Å². The Morgan fingerprint density at radius 1 is 1.30 bits per heavy atom. The molecule has 0 atom stereocenters. The van der Waals surface area contributed by atoms with Gasteiger partial charge >= 0.3 is 10.8 Å². The van der Waals surface area contributed by atoms with Crippen LogP contribution in [0.1, 0.15) is 25.5 Å². The molecule has 0 aliphatic rings. The monoisotopic (exact) mass is 291 g/mol. The van der Waals surface area contributed by atoms with E-state index < -0.39 is 5.97 Å². The molecule has 0 unspecified atom stereocenters. The fraction of sp³-hybridized carbons (Fsp3) is 0.333. The first-order valence-corrected chi connectivity index (χ1v) is 7.44. The number of aromatic nitrogens is 1. The van der Waals surface area contributed by atoms with Crippen molar-refractivity contribution in [3.05, 3.63) is 45.7 Å². The third kappa shape index (κ3) is 3.17. The van der Waals surface area contributed by atoms with Crippen LogP contribution in [0.5, 0.6) is 0 Å². The van der Waals surface area contributed by atoms with Crippen LogP contribution in [0.3, 0.4) is 0 Å². The first-order chi connectivity index (χ1) is 9.63. The zero-order chi connectivity index (χ0) is 14.5. The minimum Gasteiger partial charge on any atom is -0.481 e. The highest BCUT2D eigenvalue weighted by Gasteiger charge is 2.14. The minimum atomic E-state index is -0.824. The van der Waals surface area contributed by atoms with Gasteiger partial charge in [0.2, 0.25) is 0 Å². The van der Waals surface area contributed by atoms with Crippen molar-refractivity contribution in [3.8, 4) is 10.4 Å². The maximum Gasteiger partial charge on any atom is 0.307 e. The Morgan fingerprint density at radius 3 is 2.60 bits per heavy atom. The number of carboxylic acids is 1. The first-order valence-electron chi connectivity index (χ1n) is 6.63. The summed E-state index contributed by atoms with van der Waals surface area (Å²) in [6, 6.07) is 9.83. The molecule has 0 amide bonds. The molecule has 1 heterocycles. The highest BCUT2D eigenvalue weighted by molar-refractivity contribution is 7.13. The van der Waals surface area contributed by atoms with Crippen LogP contribution in [0.2, 0.25) is 0 Å². The van der Waals surface area contributed by atoms with Gasteiger partial charge in [-0.3, -0.25) is 9.59 Å². The molecule has 2 rings (SSSR count). The van der Waals surface area contributed by atoms with Gasteiger partial charge in [0, 0.05) is 18.7 Å². The molecule has 0 fully saturated rings. The standard InChI is InChI=1S/C15H17NO3S/c1-2-12-14(11-7-4-3-5-8-11)20-15(19)16(12)10-6-9-13(17)18/h3-5,7-8H,2,6,9-10H2,1H3,(H,17,18). The number of hydrogen-bond donors (Lipinski definition) is 1. The lowest BCUT2D eigenvalue weighted by Gasteiger charge is -2.07. The molecule has 0 saturated heterocycles. The molecule has 0 bridgehead atoms. The molecule has 2 aromatic rings. The van der Waals surface area contributed by atoms with Gasteiger partial charge in [0.15, 0.2) is 0 Å². The predicted molar refractivity (Wildman–Crippen MR) is 80.3 cm³/mol. The van der Waals surface area contributed by atoms with Gasteiger partial charge in [0.1, 0.15) is 0 Å². The molecule has 0 aliphatic carbocycles. The Morgan fingerprint density at radius 2 is 2.00 bits per heavy atom. The van der Waals surface area contributed by atoms with Crippen LogP contribution >= 0.6 is 11.3 Å². The largest absolute Gasteiger partial charge is 0.481 e. The Balaban J connectivity index is 2.32. The number of aliphatic carboxylic acids is 1. The van der Waals surface area contributed by atoms with Crippen LogP contribution in [0, 0.1) is 0 Å². The predicted octanol–water partition coefficient (Wildman–Crippen LogP) is 3.00. The summed E-state index contributed by atoms with van der Waals surface area (Å²) in [5, 5.41) is 8.69. The van der Waals surface area contributed by atoms with E-state index >= 15 is 0 Å². The molecule has 0 saturated carbocycles. The molecule has 20 heavy (non-hydrogen) atoms. The van der Waals surface area contributed by atoms with Crippen LogP contribution < -0.4 is 4.87 Å². The molecular formula is C15H17NO3S. The lowest BCUT2D eigenvalue weighted by molar-refractivity contribution is -0.137. The summed E-state index contributed by atoms with van der Waals surface area (Å²) in [6.07, 6.45) is 1.33. The highest BCUT2D eigenvalue weighted by Crippen LogP contribution is 2.27. The fourth-order valence-corrected chi connectivity index (χ4v) is 3.33. The number of thiazole rings is 1.